The second-order valence-electron chi connectivity index (χ2n) is 8.51. The largest absolute Gasteiger partial charge is 0.514 e. The summed E-state index contributed by atoms with van der Waals surface area (Å²) in [6.07, 6.45) is -1.01. The summed E-state index contributed by atoms with van der Waals surface area (Å²) in [6, 6.07) is 6.67. The molecule has 9 heteroatoms. The number of aromatic nitrogens is 1. The summed E-state index contributed by atoms with van der Waals surface area (Å²) in [7, 11) is 3.84. The number of carbonyl (C=O) groups is 2. The topological polar surface area (TPSA) is 90.0 Å². The first-order valence-corrected chi connectivity index (χ1v) is 10.9. The molecule has 2 rings (SSSR count). The molecule has 0 fully saturated rings. The minimum absolute atomic E-state index is 0.253. The summed E-state index contributed by atoms with van der Waals surface area (Å²) in [5, 5.41) is 5.69. The Bertz CT molecular complexity index is 872. The van der Waals surface area contributed by atoms with Gasteiger partial charge < -0.3 is 24.4 Å². The van der Waals surface area contributed by atoms with Gasteiger partial charge in [0.1, 0.15) is 11.4 Å². The Balaban J connectivity index is 2.14. The molecule has 1 heterocycles. The molecular weight excluding hydrogens is 418 g/mol. The second-order valence-corrected chi connectivity index (χ2v) is 9.35. The van der Waals surface area contributed by atoms with Gasteiger partial charge in [0.05, 0.1) is 17.8 Å². The Kier molecular flexibility index (Phi) is 8.27. The molecule has 0 spiro atoms. The van der Waals surface area contributed by atoms with Gasteiger partial charge >= 0.3 is 12.2 Å². The summed E-state index contributed by atoms with van der Waals surface area (Å²) in [5.41, 5.74) is 1.08. The molecule has 0 saturated carbocycles. The molecule has 0 unspecified atom stereocenters. The normalized spacial score (nSPS) is 12.3. The van der Waals surface area contributed by atoms with Crippen molar-refractivity contribution in [1.29, 1.82) is 0 Å². The lowest BCUT2D eigenvalue weighted by molar-refractivity contribution is 0.0501. The molecule has 0 bridgehead atoms. The van der Waals surface area contributed by atoms with E-state index >= 15 is 0 Å². The van der Waals surface area contributed by atoms with Gasteiger partial charge in [-0.3, -0.25) is 0 Å². The predicted molar refractivity (Wildman–Crippen MR) is 121 cm³/mol. The molecule has 1 N–H and O–H groups in total. The van der Waals surface area contributed by atoms with Crippen molar-refractivity contribution >= 4 is 28.7 Å². The van der Waals surface area contributed by atoms with Gasteiger partial charge in [-0.05, 0) is 58.7 Å². The van der Waals surface area contributed by atoms with E-state index in [1.54, 1.807) is 26.0 Å². The number of nitrogens with zero attached hydrogens (tertiary/aromatic N) is 2. The summed E-state index contributed by atoms with van der Waals surface area (Å²) < 4.78 is 15.5. The molecule has 31 heavy (non-hydrogen) atoms. The Hall–Kier alpha value is -2.81. The Morgan fingerprint density at radius 2 is 1.81 bits per heavy atom. The van der Waals surface area contributed by atoms with Gasteiger partial charge in [-0.1, -0.05) is 12.1 Å². The molecule has 0 radical (unpaired) electrons. The van der Waals surface area contributed by atoms with E-state index in [-0.39, 0.29) is 12.1 Å². The van der Waals surface area contributed by atoms with Crippen molar-refractivity contribution in [3.05, 3.63) is 40.9 Å². The maximum absolute atomic E-state index is 12.4. The van der Waals surface area contributed by atoms with Crippen molar-refractivity contribution in [3.63, 3.8) is 0 Å². The van der Waals surface area contributed by atoms with Crippen LogP contribution in [-0.4, -0.2) is 43.0 Å². The van der Waals surface area contributed by atoms with Gasteiger partial charge in [-0.15, -0.1) is 11.3 Å². The molecule has 1 amide bonds. The smallest absolute Gasteiger partial charge is 0.444 e. The SMILES string of the molecule is CC(C)OC(=O)Oc1ccc(C[C@H](NC(=O)OC(C)(C)C)c2csc(N(C)C)n2)cc1. The van der Waals surface area contributed by atoms with Crippen LogP contribution in [0.15, 0.2) is 29.6 Å². The molecule has 8 nitrogen and oxygen atoms in total. The van der Waals surface area contributed by atoms with E-state index in [0.29, 0.717) is 12.2 Å². The second kappa shape index (κ2) is 10.5. The number of thiazole rings is 1. The van der Waals surface area contributed by atoms with Crippen LogP contribution < -0.4 is 15.0 Å². The van der Waals surface area contributed by atoms with Gasteiger partial charge in [0.15, 0.2) is 5.13 Å². The van der Waals surface area contributed by atoms with E-state index in [1.165, 1.54) is 11.3 Å². The lowest BCUT2D eigenvalue weighted by Gasteiger charge is -2.23. The standard InChI is InChI=1S/C22H31N3O5S/c1-14(2)28-21(27)29-16-10-8-15(9-11-16)12-17(24-20(26)30-22(3,4)5)18-13-31-19(23-18)25(6)7/h8-11,13-14,17H,12H2,1-7H3,(H,24,26)/t17-/m0/s1. The summed E-state index contributed by atoms with van der Waals surface area (Å²) in [6.45, 7) is 8.96. The minimum Gasteiger partial charge on any atom is -0.444 e. The molecule has 1 aromatic heterocycles. The van der Waals surface area contributed by atoms with Crippen LogP contribution in [0.2, 0.25) is 0 Å². The number of hydrogen-bond acceptors (Lipinski definition) is 8. The number of amides is 1. The highest BCUT2D eigenvalue weighted by Gasteiger charge is 2.23. The van der Waals surface area contributed by atoms with E-state index in [2.05, 4.69) is 10.3 Å². The third-order valence-electron chi connectivity index (χ3n) is 3.84. The first kappa shape index (κ1) is 24.5. The van der Waals surface area contributed by atoms with Gasteiger partial charge in [-0.25, -0.2) is 14.6 Å². The van der Waals surface area contributed by atoms with E-state index in [1.807, 2.05) is 57.3 Å². The number of ether oxygens (including phenoxy) is 3. The van der Waals surface area contributed by atoms with E-state index in [4.69, 9.17) is 14.2 Å². The minimum atomic E-state index is -0.745. The van der Waals surface area contributed by atoms with Crippen LogP contribution >= 0.6 is 11.3 Å². The third kappa shape index (κ3) is 8.45. The zero-order valence-corrected chi connectivity index (χ0v) is 19.9. The fourth-order valence-electron chi connectivity index (χ4n) is 2.56. The molecular formula is C22H31N3O5S. The Morgan fingerprint density at radius 1 is 1.16 bits per heavy atom. The summed E-state index contributed by atoms with van der Waals surface area (Å²) in [5.74, 6) is 0.384. The van der Waals surface area contributed by atoms with Crippen LogP contribution in [-0.2, 0) is 15.9 Å². The zero-order chi connectivity index (χ0) is 23.2. The van der Waals surface area contributed by atoms with Gasteiger partial charge in [0.25, 0.3) is 0 Å². The molecule has 2 aromatic rings. The Labute approximate surface area is 187 Å². The van der Waals surface area contributed by atoms with Crippen molar-refractivity contribution in [2.75, 3.05) is 19.0 Å². The first-order chi connectivity index (χ1) is 14.4. The average Bonchev–Trinajstić information content (AvgIpc) is 3.11. The summed E-state index contributed by atoms with van der Waals surface area (Å²) in [4.78, 5) is 30.6. The van der Waals surface area contributed by atoms with Gasteiger partial charge in [0, 0.05) is 19.5 Å². The number of nitrogens with one attached hydrogen (secondary N) is 1. The van der Waals surface area contributed by atoms with Crippen molar-refractivity contribution in [2.45, 2.75) is 58.8 Å². The zero-order valence-electron chi connectivity index (χ0n) is 19.1. The Morgan fingerprint density at radius 3 is 2.32 bits per heavy atom. The molecule has 1 atom stereocenters. The van der Waals surface area contributed by atoms with Crippen LogP contribution in [0.1, 0.15) is 51.9 Å². The van der Waals surface area contributed by atoms with E-state index < -0.39 is 17.8 Å². The van der Waals surface area contributed by atoms with Gasteiger partial charge in [0.2, 0.25) is 0 Å². The number of carbonyl (C=O) groups excluding carboxylic acids is 2. The first-order valence-electron chi connectivity index (χ1n) is 10.0. The maximum atomic E-state index is 12.4. The molecule has 0 saturated heterocycles. The molecule has 0 aliphatic rings. The van der Waals surface area contributed by atoms with E-state index in [0.717, 1.165) is 16.4 Å². The highest BCUT2D eigenvalue weighted by Crippen LogP contribution is 2.26. The van der Waals surface area contributed by atoms with Crippen molar-refractivity contribution < 1.29 is 23.8 Å². The number of rotatable bonds is 7. The molecule has 0 aliphatic carbocycles. The molecule has 0 aliphatic heterocycles. The number of benzene rings is 1. The lowest BCUT2D eigenvalue weighted by atomic mass is 10.0. The maximum Gasteiger partial charge on any atom is 0.514 e. The number of anilines is 1. The van der Waals surface area contributed by atoms with Crippen LogP contribution in [0.5, 0.6) is 5.75 Å². The fraction of sp³-hybridized carbons (Fsp3) is 0.500. The quantitative estimate of drug-likeness (QED) is 0.473. The predicted octanol–water partition coefficient (Wildman–Crippen LogP) is 4.94. The van der Waals surface area contributed by atoms with Crippen molar-refractivity contribution in [3.8, 4) is 5.75 Å². The van der Waals surface area contributed by atoms with Crippen LogP contribution in [0.4, 0.5) is 14.7 Å². The highest BCUT2D eigenvalue weighted by molar-refractivity contribution is 7.13. The monoisotopic (exact) mass is 449 g/mol. The average molecular weight is 450 g/mol. The number of alkyl carbamates (subject to hydrolysis) is 1. The summed E-state index contributed by atoms with van der Waals surface area (Å²) >= 11 is 1.50. The van der Waals surface area contributed by atoms with Crippen molar-refractivity contribution in [2.24, 2.45) is 0 Å². The third-order valence-corrected chi connectivity index (χ3v) is 4.86. The van der Waals surface area contributed by atoms with Crippen LogP contribution in [0.3, 0.4) is 0 Å². The van der Waals surface area contributed by atoms with Crippen LogP contribution in [0.25, 0.3) is 0 Å². The molecule has 170 valence electrons. The number of hydrogen-bond donors (Lipinski definition) is 1. The van der Waals surface area contributed by atoms with Gasteiger partial charge in [-0.2, -0.15) is 0 Å². The lowest BCUT2D eigenvalue weighted by Crippen LogP contribution is -2.36. The van der Waals surface area contributed by atoms with Crippen molar-refractivity contribution in [1.82, 2.24) is 10.3 Å². The van der Waals surface area contributed by atoms with E-state index in [9.17, 15) is 9.59 Å². The molecule has 1 aromatic carbocycles. The van der Waals surface area contributed by atoms with Crippen LogP contribution in [0, 0.1) is 0 Å². The highest BCUT2D eigenvalue weighted by atomic mass is 32.1. The fourth-order valence-corrected chi connectivity index (χ4v) is 3.38.